The number of hydrogen-bond acceptors (Lipinski definition) is 3. The van der Waals surface area contributed by atoms with Crippen LogP contribution in [0.4, 0.5) is 10.1 Å². The lowest BCUT2D eigenvalue weighted by atomic mass is 10.3. The zero-order valence-electron chi connectivity index (χ0n) is 11.0. The number of carbonyl (C=O) groups is 2. The smallest absolute Gasteiger partial charge is 0.355 e. The Labute approximate surface area is 128 Å². The Balaban J connectivity index is 1.98. The molecule has 21 heavy (non-hydrogen) atoms. The molecule has 1 aromatic carbocycles. The Bertz CT molecular complexity index is 658. The van der Waals surface area contributed by atoms with E-state index >= 15 is 0 Å². The normalized spacial score (nSPS) is 11.8. The first-order valence-electron chi connectivity index (χ1n) is 6.07. The van der Waals surface area contributed by atoms with Crippen LogP contribution in [0.1, 0.15) is 17.4 Å². The van der Waals surface area contributed by atoms with Gasteiger partial charge in [0.15, 0.2) is 6.10 Å². The maximum Gasteiger partial charge on any atom is 0.355 e. The molecule has 2 N–H and O–H groups in total. The molecule has 1 unspecified atom stereocenters. The van der Waals surface area contributed by atoms with E-state index in [2.05, 4.69) is 26.2 Å². The molecule has 0 aliphatic carbocycles. The fraction of sp³-hybridized carbons (Fsp3) is 0.143. The summed E-state index contributed by atoms with van der Waals surface area (Å²) in [5, 5.41) is 2.37. The van der Waals surface area contributed by atoms with Gasteiger partial charge in [-0.15, -0.1) is 0 Å². The number of aromatic amines is 1. The monoisotopic (exact) mass is 354 g/mol. The van der Waals surface area contributed by atoms with Crippen molar-refractivity contribution in [1.82, 2.24) is 4.98 Å². The Morgan fingerprint density at radius 3 is 2.76 bits per heavy atom. The number of H-pyrrole nitrogens is 1. The van der Waals surface area contributed by atoms with E-state index in [9.17, 15) is 14.0 Å². The lowest BCUT2D eigenvalue weighted by Gasteiger charge is -2.13. The number of aromatic nitrogens is 1. The number of hydrogen-bond donors (Lipinski definition) is 2. The summed E-state index contributed by atoms with van der Waals surface area (Å²) in [4.78, 5) is 26.2. The molecule has 0 radical (unpaired) electrons. The second-order valence-electron chi connectivity index (χ2n) is 4.24. The number of halogens is 2. The minimum atomic E-state index is -1.05. The quantitative estimate of drug-likeness (QED) is 0.828. The van der Waals surface area contributed by atoms with Crippen molar-refractivity contribution in [3.05, 3.63) is 52.5 Å². The molecule has 1 aromatic heterocycles. The fourth-order valence-corrected chi connectivity index (χ4v) is 1.89. The Hall–Kier alpha value is -2.15. The molecular weight excluding hydrogens is 343 g/mol. The molecular formula is C14H12BrFN2O3. The van der Waals surface area contributed by atoms with Crippen molar-refractivity contribution in [2.75, 3.05) is 5.32 Å². The lowest BCUT2D eigenvalue weighted by molar-refractivity contribution is -0.123. The van der Waals surface area contributed by atoms with Crippen LogP contribution in [0.25, 0.3) is 0 Å². The molecule has 0 spiro atoms. The zero-order chi connectivity index (χ0) is 15.4. The molecule has 110 valence electrons. The summed E-state index contributed by atoms with van der Waals surface area (Å²) in [6.45, 7) is 1.41. The molecule has 0 aliphatic rings. The first-order valence-corrected chi connectivity index (χ1v) is 6.87. The van der Waals surface area contributed by atoms with Crippen molar-refractivity contribution in [3.63, 3.8) is 0 Å². The summed E-state index contributed by atoms with van der Waals surface area (Å²) in [5.41, 5.74) is 0.260. The van der Waals surface area contributed by atoms with Crippen molar-refractivity contribution in [3.8, 4) is 0 Å². The van der Waals surface area contributed by atoms with Crippen molar-refractivity contribution in [2.45, 2.75) is 13.0 Å². The highest BCUT2D eigenvalue weighted by Gasteiger charge is 2.20. The number of rotatable bonds is 4. The molecule has 0 fully saturated rings. The van der Waals surface area contributed by atoms with Gasteiger partial charge in [-0.2, -0.15) is 0 Å². The van der Waals surface area contributed by atoms with Crippen LogP contribution >= 0.6 is 15.9 Å². The molecule has 2 rings (SSSR count). The van der Waals surface area contributed by atoms with Gasteiger partial charge < -0.3 is 15.0 Å². The number of ether oxygens (including phenoxy) is 1. The molecule has 2 aromatic rings. The van der Waals surface area contributed by atoms with E-state index in [1.54, 1.807) is 18.3 Å². The van der Waals surface area contributed by atoms with Gasteiger partial charge in [0, 0.05) is 10.7 Å². The van der Waals surface area contributed by atoms with E-state index in [0.29, 0.717) is 4.47 Å². The van der Waals surface area contributed by atoms with Crippen molar-refractivity contribution in [2.24, 2.45) is 0 Å². The minimum Gasteiger partial charge on any atom is -0.448 e. The van der Waals surface area contributed by atoms with Gasteiger partial charge in [-0.25, -0.2) is 9.18 Å². The Morgan fingerprint density at radius 1 is 1.38 bits per heavy atom. The predicted molar refractivity (Wildman–Crippen MR) is 78.4 cm³/mol. The third-order valence-electron chi connectivity index (χ3n) is 2.66. The second kappa shape index (κ2) is 6.53. The summed E-state index contributed by atoms with van der Waals surface area (Å²) in [6, 6.07) is 7.40. The number of benzene rings is 1. The Morgan fingerprint density at radius 2 is 2.14 bits per heavy atom. The molecule has 0 saturated carbocycles. The molecule has 0 saturated heterocycles. The number of anilines is 1. The van der Waals surface area contributed by atoms with Crippen molar-refractivity contribution < 1.29 is 18.7 Å². The van der Waals surface area contributed by atoms with Gasteiger partial charge in [-0.1, -0.05) is 15.9 Å². The molecule has 0 bridgehead atoms. The fourth-order valence-electron chi connectivity index (χ4n) is 1.56. The summed E-state index contributed by atoms with van der Waals surface area (Å²) in [7, 11) is 0. The van der Waals surface area contributed by atoms with Gasteiger partial charge in [-0.05, 0) is 37.3 Å². The summed E-state index contributed by atoms with van der Waals surface area (Å²) in [5.74, 6) is -1.85. The van der Waals surface area contributed by atoms with Crippen molar-refractivity contribution >= 4 is 33.5 Å². The molecule has 7 heteroatoms. The van der Waals surface area contributed by atoms with E-state index < -0.39 is 23.8 Å². The molecule has 5 nitrogen and oxygen atoms in total. The first-order chi connectivity index (χ1) is 9.97. The van der Waals surface area contributed by atoms with Crippen LogP contribution in [0.15, 0.2) is 41.0 Å². The summed E-state index contributed by atoms with van der Waals surface area (Å²) < 4.78 is 19.1. The van der Waals surface area contributed by atoms with Crippen LogP contribution in [0, 0.1) is 5.82 Å². The van der Waals surface area contributed by atoms with Gasteiger partial charge in [-0.3, -0.25) is 4.79 Å². The van der Waals surface area contributed by atoms with Crippen LogP contribution < -0.4 is 5.32 Å². The topological polar surface area (TPSA) is 71.2 Å². The maximum atomic E-state index is 13.6. The standard InChI is InChI=1S/C14H12BrFN2O3/c1-8(21-14(20)12-3-2-6-17-12)13(19)18-11-5-4-9(15)7-10(11)16/h2-8,17H,1H3,(H,18,19). The highest BCUT2D eigenvalue weighted by Crippen LogP contribution is 2.19. The van der Waals surface area contributed by atoms with Gasteiger partial charge in [0.2, 0.25) is 0 Å². The molecule has 1 amide bonds. The number of nitrogens with one attached hydrogen (secondary N) is 2. The van der Waals surface area contributed by atoms with Gasteiger partial charge in [0.05, 0.1) is 5.69 Å². The third-order valence-corrected chi connectivity index (χ3v) is 3.15. The first kappa shape index (κ1) is 15.2. The molecule has 0 aliphatic heterocycles. The summed E-state index contributed by atoms with van der Waals surface area (Å²) >= 11 is 3.12. The summed E-state index contributed by atoms with van der Waals surface area (Å²) in [6.07, 6.45) is 0.516. The van der Waals surface area contributed by atoms with Crippen molar-refractivity contribution in [1.29, 1.82) is 0 Å². The highest BCUT2D eigenvalue weighted by atomic mass is 79.9. The van der Waals surface area contributed by atoms with Gasteiger partial charge in [0.1, 0.15) is 11.5 Å². The zero-order valence-corrected chi connectivity index (χ0v) is 12.6. The number of carbonyl (C=O) groups excluding carboxylic acids is 2. The molecule has 1 heterocycles. The minimum absolute atomic E-state index is 0.0194. The van der Waals surface area contributed by atoms with Crippen LogP contribution in [-0.4, -0.2) is 23.0 Å². The van der Waals surface area contributed by atoms with Crippen LogP contribution in [0.5, 0.6) is 0 Å². The largest absolute Gasteiger partial charge is 0.448 e. The van der Waals surface area contributed by atoms with E-state index in [0.717, 1.165) is 0 Å². The average Bonchev–Trinajstić information content (AvgIpc) is 2.95. The Kier molecular flexibility index (Phi) is 4.74. The van der Waals surface area contributed by atoms with Crippen LogP contribution in [-0.2, 0) is 9.53 Å². The second-order valence-corrected chi connectivity index (χ2v) is 5.16. The predicted octanol–water partition coefficient (Wildman–Crippen LogP) is 3.10. The number of amides is 1. The lowest BCUT2D eigenvalue weighted by Crippen LogP contribution is -2.30. The SMILES string of the molecule is CC(OC(=O)c1ccc[nH]1)C(=O)Nc1ccc(Br)cc1F. The van der Waals surface area contributed by atoms with E-state index in [1.165, 1.54) is 25.1 Å². The highest BCUT2D eigenvalue weighted by molar-refractivity contribution is 9.10. The molecule has 1 atom stereocenters. The third kappa shape index (κ3) is 3.91. The van der Waals surface area contributed by atoms with Crippen LogP contribution in [0.2, 0.25) is 0 Å². The van der Waals surface area contributed by atoms with Gasteiger partial charge >= 0.3 is 5.97 Å². The maximum absolute atomic E-state index is 13.6. The van der Waals surface area contributed by atoms with E-state index in [-0.39, 0.29) is 11.4 Å². The average molecular weight is 355 g/mol. The van der Waals surface area contributed by atoms with Crippen LogP contribution in [0.3, 0.4) is 0 Å². The van der Waals surface area contributed by atoms with E-state index in [1.807, 2.05) is 0 Å². The van der Waals surface area contributed by atoms with E-state index in [4.69, 9.17) is 4.74 Å². The van der Waals surface area contributed by atoms with Gasteiger partial charge in [0.25, 0.3) is 5.91 Å². The number of esters is 1.